The zero-order valence-electron chi connectivity index (χ0n) is 20.4. The van der Waals surface area contributed by atoms with E-state index in [9.17, 15) is 37.7 Å². The molecular formula is C20H30F2N3O11P. The van der Waals surface area contributed by atoms with Gasteiger partial charge in [0.1, 0.15) is 11.9 Å². The van der Waals surface area contributed by atoms with E-state index in [0.717, 1.165) is 18.7 Å². The highest BCUT2D eigenvalue weighted by molar-refractivity contribution is 7.47. The Hall–Kier alpha value is -2.49. The van der Waals surface area contributed by atoms with Gasteiger partial charge in [-0.05, 0) is 24.3 Å². The van der Waals surface area contributed by atoms with Crippen LogP contribution in [0, 0.1) is 5.41 Å². The molecule has 0 radical (unpaired) electrons. The number of esters is 2. The summed E-state index contributed by atoms with van der Waals surface area (Å²) in [4.78, 5) is 48.0. The van der Waals surface area contributed by atoms with Crippen LogP contribution in [0.2, 0.25) is 0 Å². The largest absolute Gasteiger partial charge is 0.475 e. The number of hydrogen-bond donors (Lipinski definition) is 3. The predicted octanol–water partition coefficient (Wildman–Crippen LogP) is 1.11. The normalized spacial score (nSPS) is 22.8. The molecule has 4 atom stereocenters. The van der Waals surface area contributed by atoms with E-state index in [2.05, 4.69) is 18.8 Å². The fraction of sp³-hybridized carbons (Fsp3) is 0.700. The molecule has 17 heteroatoms. The number of anilines is 1. The van der Waals surface area contributed by atoms with Gasteiger partial charge < -0.3 is 29.9 Å². The molecule has 1 unspecified atom stereocenters. The molecule has 2 heterocycles. The fourth-order valence-corrected chi connectivity index (χ4v) is 3.69. The second-order valence-electron chi connectivity index (χ2n) is 9.29. The van der Waals surface area contributed by atoms with Crippen molar-refractivity contribution >= 4 is 25.6 Å². The van der Waals surface area contributed by atoms with Crippen LogP contribution < -0.4 is 11.4 Å². The minimum Gasteiger partial charge on any atom is -0.454 e. The number of phosphoric ester groups is 1. The van der Waals surface area contributed by atoms with Gasteiger partial charge >= 0.3 is 31.4 Å². The van der Waals surface area contributed by atoms with Gasteiger partial charge in [-0.2, -0.15) is 13.8 Å². The van der Waals surface area contributed by atoms with Crippen LogP contribution in [0.4, 0.5) is 14.6 Å². The van der Waals surface area contributed by atoms with Crippen molar-refractivity contribution in [1.29, 1.82) is 0 Å². The van der Waals surface area contributed by atoms with E-state index < -0.39 is 69.8 Å². The molecule has 0 saturated carbocycles. The number of hydrogen-bond acceptors (Lipinski definition) is 12. The number of aromatic nitrogens is 2. The summed E-state index contributed by atoms with van der Waals surface area (Å²) in [6, 6.07) is 1.06. The van der Waals surface area contributed by atoms with Crippen molar-refractivity contribution in [2.75, 3.05) is 25.7 Å². The Morgan fingerprint density at radius 3 is 2.57 bits per heavy atom. The van der Waals surface area contributed by atoms with Crippen LogP contribution in [-0.4, -0.2) is 69.6 Å². The molecule has 14 nitrogen and oxygen atoms in total. The van der Waals surface area contributed by atoms with Gasteiger partial charge in [0.05, 0.1) is 6.61 Å². The van der Waals surface area contributed by atoms with Crippen LogP contribution in [0.3, 0.4) is 0 Å². The van der Waals surface area contributed by atoms with Crippen LogP contribution in [0.25, 0.3) is 0 Å². The Morgan fingerprint density at radius 1 is 1.27 bits per heavy atom. The highest BCUT2D eigenvalue weighted by atomic mass is 31.2. The summed E-state index contributed by atoms with van der Waals surface area (Å²) in [7, 11) is -4.96. The summed E-state index contributed by atoms with van der Waals surface area (Å²) in [5, 5.41) is 9.90. The number of aliphatic hydroxyl groups excluding tert-OH is 1. The first-order valence-electron chi connectivity index (χ1n) is 11.0. The molecule has 1 aromatic heterocycles. The molecule has 4 N–H and O–H groups in total. The Kier molecular flexibility index (Phi) is 10.3. The van der Waals surface area contributed by atoms with Crippen LogP contribution in [0.1, 0.15) is 46.3 Å². The maximum atomic E-state index is 14.5. The standard InChI is InChI=1S/C20H30F2N3O11P/c1-19(2,3)7-4-5-14(26)32-10-15(27)33-11-35-37(30,31)34-9-12-16(28)20(21,22)17(36-12)25-8-6-13(23)24-18(25)29/h6,8,12,16-17,28H,4-5,7,9-11H2,1-3H3,(H,30,31)(H2,23,24,29)/t12-,16-,17-/m1/s1. The third-order valence-corrected chi connectivity index (χ3v) is 5.89. The Labute approximate surface area is 210 Å². The minimum absolute atomic E-state index is 0.0369. The lowest BCUT2D eigenvalue weighted by atomic mass is 9.90. The van der Waals surface area contributed by atoms with Crippen LogP contribution in [0.15, 0.2) is 17.1 Å². The molecule has 210 valence electrons. The highest BCUT2D eigenvalue weighted by Gasteiger charge is 2.60. The number of nitrogens with zero attached hydrogens (tertiary/aromatic N) is 2. The zero-order chi connectivity index (χ0) is 28.0. The molecule has 0 aromatic carbocycles. The number of nitrogen functional groups attached to an aromatic ring is 1. The number of rotatable bonds is 12. The van der Waals surface area contributed by atoms with Crippen LogP contribution >= 0.6 is 7.82 Å². The van der Waals surface area contributed by atoms with Crippen LogP contribution in [-0.2, 0) is 37.4 Å². The second-order valence-corrected chi connectivity index (χ2v) is 10.7. The van der Waals surface area contributed by atoms with Crippen molar-refractivity contribution in [1.82, 2.24) is 9.55 Å². The molecule has 1 aromatic rings. The van der Waals surface area contributed by atoms with Crippen molar-refractivity contribution in [3.8, 4) is 0 Å². The Morgan fingerprint density at radius 2 is 1.95 bits per heavy atom. The summed E-state index contributed by atoms with van der Waals surface area (Å²) in [6.45, 7) is 3.13. The van der Waals surface area contributed by atoms with Crippen molar-refractivity contribution < 1.29 is 56.2 Å². The van der Waals surface area contributed by atoms with Gasteiger partial charge in [-0.3, -0.25) is 13.9 Å². The summed E-state index contributed by atoms with van der Waals surface area (Å²) >= 11 is 0. The molecule has 37 heavy (non-hydrogen) atoms. The first-order chi connectivity index (χ1) is 17.0. The smallest absolute Gasteiger partial charge is 0.454 e. The average molecular weight is 557 g/mol. The quantitative estimate of drug-likeness (QED) is 0.188. The summed E-state index contributed by atoms with van der Waals surface area (Å²) in [5.74, 6) is -5.93. The third kappa shape index (κ3) is 9.39. The topological polar surface area (TPSA) is 199 Å². The zero-order valence-corrected chi connectivity index (χ0v) is 21.3. The molecule has 0 spiro atoms. The summed E-state index contributed by atoms with van der Waals surface area (Å²) < 4.78 is 64.4. The van der Waals surface area contributed by atoms with Gasteiger partial charge in [-0.25, -0.2) is 18.7 Å². The van der Waals surface area contributed by atoms with Gasteiger partial charge in [0.2, 0.25) is 13.0 Å². The van der Waals surface area contributed by atoms with E-state index in [1.54, 1.807) is 0 Å². The summed E-state index contributed by atoms with van der Waals surface area (Å²) in [6.07, 6.45) is -4.37. The molecule has 0 aliphatic carbocycles. The number of carbonyl (C=O) groups is 2. The van der Waals surface area contributed by atoms with Crippen molar-refractivity contribution in [3.05, 3.63) is 22.7 Å². The van der Waals surface area contributed by atoms with Crippen molar-refractivity contribution in [2.24, 2.45) is 5.41 Å². The average Bonchev–Trinajstić information content (AvgIpc) is 2.99. The molecule has 1 saturated heterocycles. The number of alkyl halides is 2. The van der Waals surface area contributed by atoms with E-state index in [0.29, 0.717) is 11.0 Å². The number of aliphatic hydroxyl groups is 1. The lowest BCUT2D eigenvalue weighted by Crippen LogP contribution is -2.41. The summed E-state index contributed by atoms with van der Waals surface area (Å²) in [5.41, 5.74) is 4.18. The first-order valence-corrected chi connectivity index (χ1v) is 12.5. The minimum atomic E-state index is -4.96. The number of nitrogens with two attached hydrogens (primary N) is 1. The predicted molar refractivity (Wildman–Crippen MR) is 120 cm³/mol. The van der Waals surface area contributed by atoms with E-state index in [1.165, 1.54) is 0 Å². The van der Waals surface area contributed by atoms with Gasteiger partial charge in [0.15, 0.2) is 12.7 Å². The van der Waals surface area contributed by atoms with Gasteiger partial charge in [0, 0.05) is 12.6 Å². The fourth-order valence-electron chi connectivity index (χ4n) is 3.09. The highest BCUT2D eigenvalue weighted by Crippen LogP contribution is 2.47. The van der Waals surface area contributed by atoms with Crippen molar-refractivity contribution in [3.63, 3.8) is 0 Å². The van der Waals surface area contributed by atoms with E-state index in [1.807, 2.05) is 20.8 Å². The SMILES string of the molecule is CC(C)(C)CCCC(=O)OCC(=O)OCOP(=O)(O)OC[C@H]1O[C@@H](n2ccc(N)nc2=O)C(F)(F)[C@@H]1O. The van der Waals surface area contributed by atoms with Gasteiger partial charge in [0.25, 0.3) is 0 Å². The third-order valence-electron chi connectivity index (χ3n) is 4.98. The second kappa shape index (κ2) is 12.4. The molecule has 1 aliphatic heterocycles. The van der Waals surface area contributed by atoms with Gasteiger partial charge in [-0.15, -0.1) is 0 Å². The monoisotopic (exact) mass is 557 g/mol. The maximum Gasteiger partial charge on any atom is 0.475 e. The number of halogens is 2. The number of ether oxygens (including phenoxy) is 3. The lowest BCUT2D eigenvalue weighted by Gasteiger charge is -2.20. The van der Waals surface area contributed by atoms with E-state index >= 15 is 0 Å². The lowest BCUT2D eigenvalue weighted by molar-refractivity contribution is -0.163. The molecule has 2 rings (SSSR count). The van der Waals surface area contributed by atoms with E-state index in [4.69, 9.17) is 15.2 Å². The Balaban J connectivity index is 1.77. The molecule has 0 amide bonds. The van der Waals surface area contributed by atoms with Gasteiger partial charge in [-0.1, -0.05) is 20.8 Å². The molecule has 0 bridgehead atoms. The number of phosphoric acid groups is 1. The maximum absolute atomic E-state index is 14.5. The van der Waals surface area contributed by atoms with Crippen LogP contribution in [0.5, 0.6) is 0 Å². The molecular weight excluding hydrogens is 527 g/mol. The van der Waals surface area contributed by atoms with Crippen molar-refractivity contribution in [2.45, 2.75) is 64.4 Å². The first kappa shape index (κ1) is 30.7. The van der Waals surface area contributed by atoms with E-state index in [-0.39, 0.29) is 17.7 Å². The molecule has 1 aliphatic rings. The number of carbonyl (C=O) groups excluding carboxylic acids is 2. The molecule has 1 fully saturated rings. The Bertz CT molecular complexity index is 1060.